The van der Waals surface area contributed by atoms with Gasteiger partial charge in [0.2, 0.25) is 0 Å². The van der Waals surface area contributed by atoms with Crippen molar-refractivity contribution in [3.05, 3.63) is 52.9 Å². The highest BCUT2D eigenvalue weighted by Crippen LogP contribution is 2.27. The molecular formula is C15H16BrFN2. The number of pyridine rings is 1. The average Bonchev–Trinajstić information content (AvgIpc) is 2.42. The molecule has 0 aliphatic carbocycles. The first-order chi connectivity index (χ1) is 9.22. The highest BCUT2D eigenvalue weighted by molar-refractivity contribution is 9.10. The summed E-state index contributed by atoms with van der Waals surface area (Å²) < 4.78 is 14.7. The van der Waals surface area contributed by atoms with Crippen LogP contribution in [0, 0.1) is 5.82 Å². The predicted molar refractivity (Wildman–Crippen MR) is 80.3 cm³/mol. The van der Waals surface area contributed by atoms with Gasteiger partial charge in [-0.1, -0.05) is 31.5 Å². The third-order valence-electron chi connectivity index (χ3n) is 2.85. The van der Waals surface area contributed by atoms with Crippen LogP contribution in [0.2, 0.25) is 0 Å². The van der Waals surface area contributed by atoms with Crippen molar-refractivity contribution in [1.82, 2.24) is 4.98 Å². The van der Waals surface area contributed by atoms with E-state index in [4.69, 9.17) is 0 Å². The zero-order valence-electron chi connectivity index (χ0n) is 10.8. The van der Waals surface area contributed by atoms with E-state index in [1.165, 1.54) is 6.07 Å². The van der Waals surface area contributed by atoms with E-state index in [9.17, 15) is 4.39 Å². The molecule has 0 saturated carbocycles. The zero-order chi connectivity index (χ0) is 13.7. The summed E-state index contributed by atoms with van der Waals surface area (Å²) in [7, 11) is 0. The van der Waals surface area contributed by atoms with Gasteiger partial charge < -0.3 is 4.90 Å². The molecule has 1 heterocycles. The normalized spacial score (nSPS) is 10.5. The van der Waals surface area contributed by atoms with Crippen molar-refractivity contribution in [2.75, 3.05) is 11.4 Å². The van der Waals surface area contributed by atoms with Gasteiger partial charge >= 0.3 is 0 Å². The molecule has 100 valence electrons. The Morgan fingerprint density at radius 2 is 2.00 bits per heavy atom. The Morgan fingerprint density at radius 3 is 2.63 bits per heavy atom. The molecule has 4 heteroatoms. The molecule has 2 rings (SSSR count). The van der Waals surface area contributed by atoms with Crippen LogP contribution in [0.4, 0.5) is 15.9 Å². The molecule has 0 radical (unpaired) electrons. The molecule has 0 N–H and O–H groups in total. The van der Waals surface area contributed by atoms with E-state index in [2.05, 4.69) is 27.8 Å². The van der Waals surface area contributed by atoms with Crippen molar-refractivity contribution < 1.29 is 4.39 Å². The minimum Gasteiger partial charge on any atom is -0.324 e. The molecule has 2 aromatic rings. The Balaban J connectivity index is 2.37. The number of aromatic nitrogens is 1. The largest absolute Gasteiger partial charge is 0.324 e. The lowest BCUT2D eigenvalue weighted by atomic mass is 10.2. The van der Waals surface area contributed by atoms with E-state index >= 15 is 0 Å². The van der Waals surface area contributed by atoms with Gasteiger partial charge in [0, 0.05) is 22.9 Å². The molecule has 0 atom stereocenters. The Labute approximate surface area is 121 Å². The van der Waals surface area contributed by atoms with Crippen molar-refractivity contribution in [1.29, 1.82) is 0 Å². The van der Waals surface area contributed by atoms with Gasteiger partial charge in [-0.3, -0.25) is 0 Å². The summed E-state index contributed by atoms with van der Waals surface area (Å²) in [5.74, 6) is 0.0668. The van der Waals surface area contributed by atoms with Gasteiger partial charge in [-0.15, -0.1) is 0 Å². The Kier molecular flexibility index (Phi) is 4.91. The summed E-state index contributed by atoms with van der Waals surface area (Å²) in [6, 6.07) is 11.2. The lowest BCUT2D eigenvalue weighted by Gasteiger charge is -2.24. The highest BCUT2D eigenvalue weighted by atomic mass is 79.9. The lowest BCUT2D eigenvalue weighted by Crippen LogP contribution is -2.20. The van der Waals surface area contributed by atoms with E-state index in [0.29, 0.717) is 10.3 Å². The molecule has 1 aromatic carbocycles. The molecule has 0 bridgehead atoms. The molecule has 0 amide bonds. The molecule has 0 aliphatic rings. The Hall–Kier alpha value is -1.42. The standard InChI is InChI=1S/C15H16BrFN2/c1-2-3-9-19(13-7-5-4-6-8-13)15-14(17)10-12(16)11-18-15/h4-8,10-11H,2-3,9H2,1H3. The Bertz CT molecular complexity index is 531. The third-order valence-corrected chi connectivity index (χ3v) is 3.28. The molecule has 19 heavy (non-hydrogen) atoms. The van der Waals surface area contributed by atoms with Gasteiger partial charge in [0.05, 0.1) is 0 Å². The van der Waals surface area contributed by atoms with Gasteiger partial charge in [0.15, 0.2) is 11.6 Å². The van der Waals surface area contributed by atoms with E-state index in [1.54, 1.807) is 6.20 Å². The molecule has 0 spiro atoms. The second-order valence-electron chi connectivity index (χ2n) is 4.30. The fourth-order valence-electron chi connectivity index (χ4n) is 1.89. The second kappa shape index (κ2) is 6.66. The summed E-state index contributed by atoms with van der Waals surface area (Å²) in [4.78, 5) is 6.13. The predicted octanol–water partition coefficient (Wildman–Crippen LogP) is 4.92. The van der Waals surface area contributed by atoms with Crippen LogP contribution in [0.1, 0.15) is 19.8 Å². The average molecular weight is 323 g/mol. The van der Waals surface area contributed by atoms with Crippen molar-refractivity contribution in [3.63, 3.8) is 0 Å². The van der Waals surface area contributed by atoms with Crippen LogP contribution < -0.4 is 4.90 Å². The fraction of sp³-hybridized carbons (Fsp3) is 0.267. The van der Waals surface area contributed by atoms with E-state index in [0.717, 1.165) is 25.1 Å². The molecule has 0 unspecified atom stereocenters. The summed E-state index contributed by atoms with van der Waals surface area (Å²) in [5.41, 5.74) is 0.963. The smallest absolute Gasteiger partial charge is 0.169 e. The van der Waals surface area contributed by atoms with Gasteiger partial charge in [0.25, 0.3) is 0 Å². The number of rotatable bonds is 5. The zero-order valence-corrected chi connectivity index (χ0v) is 12.4. The maximum Gasteiger partial charge on any atom is 0.169 e. The third kappa shape index (κ3) is 3.53. The van der Waals surface area contributed by atoms with Gasteiger partial charge in [-0.05, 0) is 40.5 Å². The topological polar surface area (TPSA) is 16.1 Å². The van der Waals surface area contributed by atoms with Gasteiger partial charge in [-0.25, -0.2) is 9.37 Å². The molecule has 0 aliphatic heterocycles. The number of hydrogen-bond donors (Lipinski definition) is 0. The molecule has 0 fully saturated rings. The lowest BCUT2D eigenvalue weighted by molar-refractivity contribution is 0.614. The van der Waals surface area contributed by atoms with Crippen LogP contribution in [0.15, 0.2) is 47.1 Å². The summed E-state index contributed by atoms with van der Waals surface area (Å²) in [6.07, 6.45) is 3.67. The summed E-state index contributed by atoms with van der Waals surface area (Å²) in [6.45, 7) is 2.88. The molecule has 0 saturated heterocycles. The van der Waals surface area contributed by atoms with Crippen molar-refractivity contribution in [2.24, 2.45) is 0 Å². The minimum absolute atomic E-state index is 0.311. The quantitative estimate of drug-likeness (QED) is 0.776. The Morgan fingerprint density at radius 1 is 1.26 bits per heavy atom. The first kappa shape index (κ1) is 14.0. The van der Waals surface area contributed by atoms with Crippen LogP contribution in [-0.4, -0.2) is 11.5 Å². The monoisotopic (exact) mass is 322 g/mol. The van der Waals surface area contributed by atoms with Crippen LogP contribution in [0.5, 0.6) is 0 Å². The van der Waals surface area contributed by atoms with Gasteiger partial charge in [-0.2, -0.15) is 0 Å². The van der Waals surface area contributed by atoms with Crippen molar-refractivity contribution in [2.45, 2.75) is 19.8 Å². The first-order valence-electron chi connectivity index (χ1n) is 6.36. The van der Waals surface area contributed by atoms with Crippen LogP contribution >= 0.6 is 15.9 Å². The van der Waals surface area contributed by atoms with Crippen molar-refractivity contribution in [3.8, 4) is 0 Å². The summed E-state index contributed by atoms with van der Waals surface area (Å²) in [5, 5.41) is 0. The van der Waals surface area contributed by atoms with E-state index < -0.39 is 0 Å². The fourth-order valence-corrected chi connectivity index (χ4v) is 2.19. The van der Waals surface area contributed by atoms with Crippen LogP contribution in [-0.2, 0) is 0 Å². The number of para-hydroxylation sites is 1. The number of halogens is 2. The van der Waals surface area contributed by atoms with Crippen molar-refractivity contribution >= 4 is 27.4 Å². The second-order valence-corrected chi connectivity index (χ2v) is 5.22. The number of hydrogen-bond acceptors (Lipinski definition) is 2. The number of benzene rings is 1. The number of anilines is 2. The minimum atomic E-state index is -0.311. The number of nitrogens with zero attached hydrogens (tertiary/aromatic N) is 2. The van der Waals surface area contributed by atoms with Crippen LogP contribution in [0.3, 0.4) is 0 Å². The molecular weight excluding hydrogens is 307 g/mol. The van der Waals surface area contributed by atoms with E-state index in [-0.39, 0.29) is 5.82 Å². The maximum absolute atomic E-state index is 14.1. The first-order valence-corrected chi connectivity index (χ1v) is 7.15. The van der Waals surface area contributed by atoms with Gasteiger partial charge in [0.1, 0.15) is 0 Å². The maximum atomic E-state index is 14.1. The van der Waals surface area contributed by atoms with Crippen LogP contribution in [0.25, 0.3) is 0 Å². The van der Waals surface area contributed by atoms with E-state index in [1.807, 2.05) is 35.2 Å². The number of unbranched alkanes of at least 4 members (excludes halogenated alkanes) is 1. The SMILES string of the molecule is CCCCN(c1ccccc1)c1ncc(Br)cc1F. The molecule has 1 aromatic heterocycles. The highest BCUT2D eigenvalue weighted by Gasteiger charge is 2.14. The summed E-state index contributed by atoms with van der Waals surface area (Å²) >= 11 is 3.23. The molecule has 2 nitrogen and oxygen atoms in total.